The molecule has 15 heavy (non-hydrogen) atoms. The molecule has 0 saturated carbocycles. The fourth-order valence-corrected chi connectivity index (χ4v) is 2.13. The summed E-state index contributed by atoms with van der Waals surface area (Å²) in [4.78, 5) is 10.9. The standard InChI is InChI=1S/C12H15NO2/c14-12(15)11-8-10(6-7-13-11)9-4-2-1-3-5-9/h1-5,10-11,13H,6-8H2,(H,14,15)/t10-,11+/m0/s1. The maximum Gasteiger partial charge on any atom is 0.320 e. The molecule has 1 aliphatic heterocycles. The maximum absolute atomic E-state index is 10.9. The largest absolute Gasteiger partial charge is 0.480 e. The number of benzene rings is 1. The first-order valence-corrected chi connectivity index (χ1v) is 5.28. The van der Waals surface area contributed by atoms with E-state index in [9.17, 15) is 4.79 Å². The molecule has 1 saturated heterocycles. The van der Waals surface area contributed by atoms with Gasteiger partial charge in [-0.1, -0.05) is 30.3 Å². The SMILES string of the molecule is O=C(O)[C@H]1C[C@@H](c2ccccc2)CCN1. The van der Waals surface area contributed by atoms with Gasteiger partial charge in [0.05, 0.1) is 0 Å². The van der Waals surface area contributed by atoms with E-state index in [2.05, 4.69) is 17.4 Å². The van der Waals surface area contributed by atoms with Crippen LogP contribution >= 0.6 is 0 Å². The van der Waals surface area contributed by atoms with Crippen LogP contribution in [0.1, 0.15) is 24.3 Å². The van der Waals surface area contributed by atoms with Crippen LogP contribution in [0, 0.1) is 0 Å². The Morgan fingerprint density at radius 1 is 1.33 bits per heavy atom. The summed E-state index contributed by atoms with van der Waals surface area (Å²) < 4.78 is 0. The third-order valence-corrected chi connectivity index (χ3v) is 2.97. The predicted molar refractivity (Wildman–Crippen MR) is 57.8 cm³/mol. The number of carboxylic acids is 1. The lowest BCUT2D eigenvalue weighted by Crippen LogP contribution is -2.42. The van der Waals surface area contributed by atoms with Crippen molar-refractivity contribution in [3.05, 3.63) is 35.9 Å². The van der Waals surface area contributed by atoms with Gasteiger partial charge in [-0.15, -0.1) is 0 Å². The highest BCUT2D eigenvalue weighted by molar-refractivity contribution is 5.73. The number of carboxylic acid groups (broad SMARTS) is 1. The fourth-order valence-electron chi connectivity index (χ4n) is 2.13. The van der Waals surface area contributed by atoms with Gasteiger partial charge in [0, 0.05) is 0 Å². The van der Waals surface area contributed by atoms with Crippen LogP contribution < -0.4 is 5.32 Å². The molecule has 1 fully saturated rings. The van der Waals surface area contributed by atoms with Crippen molar-refractivity contribution in [2.45, 2.75) is 24.8 Å². The zero-order valence-electron chi connectivity index (χ0n) is 8.52. The summed E-state index contributed by atoms with van der Waals surface area (Å²) in [6, 6.07) is 9.77. The van der Waals surface area contributed by atoms with Gasteiger partial charge >= 0.3 is 5.97 Å². The minimum Gasteiger partial charge on any atom is -0.480 e. The summed E-state index contributed by atoms with van der Waals surface area (Å²) in [5.41, 5.74) is 1.25. The molecule has 0 amide bonds. The Kier molecular flexibility index (Phi) is 3.02. The maximum atomic E-state index is 10.9. The van der Waals surface area contributed by atoms with Crippen LogP contribution in [-0.2, 0) is 4.79 Å². The second-order valence-electron chi connectivity index (χ2n) is 3.98. The highest BCUT2D eigenvalue weighted by atomic mass is 16.4. The third kappa shape index (κ3) is 2.36. The van der Waals surface area contributed by atoms with Gasteiger partial charge in [-0.05, 0) is 30.9 Å². The summed E-state index contributed by atoms with van der Waals surface area (Å²) in [6.45, 7) is 0.788. The molecule has 3 heteroatoms. The highest BCUT2D eigenvalue weighted by Gasteiger charge is 2.26. The van der Waals surface area contributed by atoms with Gasteiger partial charge < -0.3 is 10.4 Å². The van der Waals surface area contributed by atoms with Crippen molar-refractivity contribution in [2.24, 2.45) is 0 Å². The van der Waals surface area contributed by atoms with E-state index in [1.54, 1.807) is 0 Å². The van der Waals surface area contributed by atoms with Crippen molar-refractivity contribution in [2.75, 3.05) is 6.54 Å². The Hall–Kier alpha value is -1.35. The number of piperidine rings is 1. The van der Waals surface area contributed by atoms with Gasteiger partial charge in [0.15, 0.2) is 0 Å². The fraction of sp³-hybridized carbons (Fsp3) is 0.417. The van der Waals surface area contributed by atoms with E-state index in [-0.39, 0.29) is 6.04 Å². The third-order valence-electron chi connectivity index (χ3n) is 2.97. The lowest BCUT2D eigenvalue weighted by Gasteiger charge is -2.28. The zero-order chi connectivity index (χ0) is 10.7. The summed E-state index contributed by atoms with van der Waals surface area (Å²) >= 11 is 0. The van der Waals surface area contributed by atoms with E-state index < -0.39 is 5.97 Å². The van der Waals surface area contributed by atoms with Crippen molar-refractivity contribution in [3.8, 4) is 0 Å². The molecule has 1 aromatic rings. The first-order chi connectivity index (χ1) is 7.27. The molecule has 2 rings (SSSR count). The Balaban J connectivity index is 2.08. The number of aliphatic carboxylic acids is 1. The molecule has 1 heterocycles. The van der Waals surface area contributed by atoms with Crippen LogP contribution in [0.4, 0.5) is 0 Å². The molecular formula is C12H15NO2. The average Bonchev–Trinajstić information content (AvgIpc) is 2.30. The number of nitrogens with one attached hydrogen (secondary N) is 1. The van der Waals surface area contributed by atoms with Gasteiger partial charge in [0.25, 0.3) is 0 Å². The van der Waals surface area contributed by atoms with E-state index in [1.165, 1.54) is 5.56 Å². The Morgan fingerprint density at radius 3 is 2.73 bits per heavy atom. The van der Waals surface area contributed by atoms with E-state index in [4.69, 9.17) is 5.11 Å². The Labute approximate surface area is 89.1 Å². The van der Waals surface area contributed by atoms with Crippen molar-refractivity contribution in [3.63, 3.8) is 0 Å². The smallest absolute Gasteiger partial charge is 0.320 e. The van der Waals surface area contributed by atoms with Gasteiger partial charge in [-0.3, -0.25) is 4.79 Å². The van der Waals surface area contributed by atoms with E-state index in [0.29, 0.717) is 12.3 Å². The van der Waals surface area contributed by atoms with Gasteiger partial charge in [0.1, 0.15) is 6.04 Å². The monoisotopic (exact) mass is 205 g/mol. The number of hydrogen-bond acceptors (Lipinski definition) is 2. The molecule has 0 bridgehead atoms. The van der Waals surface area contributed by atoms with Gasteiger partial charge in [-0.25, -0.2) is 0 Å². The second-order valence-corrected chi connectivity index (χ2v) is 3.98. The molecule has 0 spiro atoms. The van der Waals surface area contributed by atoms with Gasteiger partial charge in [0.2, 0.25) is 0 Å². The van der Waals surface area contributed by atoms with Crippen LogP contribution in [0.25, 0.3) is 0 Å². The van der Waals surface area contributed by atoms with E-state index in [1.807, 2.05) is 18.2 Å². The molecule has 2 N–H and O–H groups in total. The normalized spacial score (nSPS) is 26.1. The molecular weight excluding hydrogens is 190 g/mol. The lowest BCUT2D eigenvalue weighted by molar-refractivity contribution is -0.140. The van der Waals surface area contributed by atoms with Crippen LogP contribution in [0.3, 0.4) is 0 Å². The van der Waals surface area contributed by atoms with Crippen molar-refractivity contribution >= 4 is 5.97 Å². The average molecular weight is 205 g/mol. The molecule has 3 nitrogen and oxygen atoms in total. The van der Waals surface area contributed by atoms with E-state index in [0.717, 1.165) is 13.0 Å². The predicted octanol–water partition coefficient (Wildman–Crippen LogP) is 1.61. The van der Waals surface area contributed by atoms with Crippen LogP contribution in [-0.4, -0.2) is 23.7 Å². The first-order valence-electron chi connectivity index (χ1n) is 5.28. The minimum absolute atomic E-state index is 0.383. The number of carbonyl (C=O) groups is 1. The lowest BCUT2D eigenvalue weighted by atomic mass is 9.86. The summed E-state index contributed by atoms with van der Waals surface area (Å²) in [6.07, 6.45) is 1.72. The second kappa shape index (κ2) is 4.45. The molecule has 0 radical (unpaired) electrons. The van der Waals surface area contributed by atoms with Crippen molar-refractivity contribution < 1.29 is 9.90 Å². The number of rotatable bonds is 2. The Morgan fingerprint density at radius 2 is 2.07 bits per heavy atom. The number of hydrogen-bond donors (Lipinski definition) is 2. The molecule has 1 aromatic carbocycles. The summed E-state index contributed by atoms with van der Waals surface area (Å²) in [7, 11) is 0. The molecule has 1 aliphatic rings. The van der Waals surface area contributed by atoms with Gasteiger partial charge in [-0.2, -0.15) is 0 Å². The summed E-state index contributed by atoms with van der Waals surface area (Å²) in [5.74, 6) is -0.357. The zero-order valence-corrected chi connectivity index (χ0v) is 8.52. The first kappa shape index (κ1) is 10.2. The molecule has 0 aromatic heterocycles. The summed E-state index contributed by atoms with van der Waals surface area (Å²) in [5, 5.41) is 12.0. The highest BCUT2D eigenvalue weighted by Crippen LogP contribution is 2.27. The topological polar surface area (TPSA) is 49.3 Å². The molecule has 0 unspecified atom stereocenters. The molecule has 80 valence electrons. The molecule has 2 atom stereocenters. The minimum atomic E-state index is -0.740. The van der Waals surface area contributed by atoms with Crippen LogP contribution in [0.15, 0.2) is 30.3 Å². The van der Waals surface area contributed by atoms with Crippen molar-refractivity contribution in [1.82, 2.24) is 5.32 Å². The molecule has 0 aliphatic carbocycles. The van der Waals surface area contributed by atoms with E-state index >= 15 is 0 Å². The van der Waals surface area contributed by atoms with Crippen LogP contribution in [0.2, 0.25) is 0 Å². The quantitative estimate of drug-likeness (QED) is 0.771. The Bertz CT molecular complexity index is 337. The van der Waals surface area contributed by atoms with Crippen molar-refractivity contribution in [1.29, 1.82) is 0 Å². The van der Waals surface area contributed by atoms with Crippen LogP contribution in [0.5, 0.6) is 0 Å².